The summed E-state index contributed by atoms with van der Waals surface area (Å²) < 4.78 is 8.57. The Balaban J connectivity index is 1.82. The molecular formula is C15H13BrN2O2. The average molecular weight is 333 g/mol. The third kappa shape index (κ3) is 2.55. The van der Waals surface area contributed by atoms with Gasteiger partial charge in [0.25, 0.3) is 0 Å². The van der Waals surface area contributed by atoms with E-state index in [1.54, 1.807) is 0 Å². The number of aromatic nitrogens is 2. The molecule has 3 aromatic rings. The molecule has 0 aliphatic carbocycles. The second-order valence-electron chi connectivity index (χ2n) is 4.37. The van der Waals surface area contributed by atoms with Crippen LogP contribution in [0.3, 0.4) is 0 Å². The van der Waals surface area contributed by atoms with Crippen molar-refractivity contribution in [3.05, 3.63) is 64.5 Å². The molecular weight excluding hydrogens is 320 g/mol. The predicted molar refractivity (Wildman–Crippen MR) is 79.6 cm³/mol. The van der Waals surface area contributed by atoms with Crippen molar-refractivity contribution in [1.29, 1.82) is 0 Å². The highest BCUT2D eigenvalue weighted by atomic mass is 79.9. The van der Waals surface area contributed by atoms with Gasteiger partial charge >= 0.3 is 0 Å². The van der Waals surface area contributed by atoms with Gasteiger partial charge < -0.3 is 14.2 Å². The van der Waals surface area contributed by atoms with E-state index >= 15 is 0 Å². The molecule has 0 bridgehead atoms. The normalized spacial score (nSPS) is 10.9. The van der Waals surface area contributed by atoms with Gasteiger partial charge in [-0.3, -0.25) is 0 Å². The van der Waals surface area contributed by atoms with Gasteiger partial charge in [-0.2, -0.15) is 0 Å². The number of aliphatic hydroxyl groups is 1. The molecule has 0 fully saturated rings. The number of rotatable bonds is 4. The summed E-state index contributed by atoms with van der Waals surface area (Å²) in [4.78, 5) is 4.47. The van der Waals surface area contributed by atoms with Gasteiger partial charge in [-0.25, -0.2) is 4.98 Å². The lowest BCUT2D eigenvalue weighted by molar-refractivity contribution is 0.257. The van der Waals surface area contributed by atoms with Gasteiger partial charge in [0.1, 0.15) is 18.0 Å². The molecule has 0 amide bonds. The second-order valence-corrected chi connectivity index (χ2v) is 5.23. The molecule has 4 nitrogen and oxygen atoms in total. The molecule has 0 saturated carbocycles. The largest absolute Gasteiger partial charge is 0.486 e. The van der Waals surface area contributed by atoms with Crippen LogP contribution in [0.4, 0.5) is 0 Å². The number of aliphatic hydroxyl groups excluding tert-OH is 1. The first kappa shape index (κ1) is 13.1. The zero-order valence-corrected chi connectivity index (χ0v) is 12.2. The minimum Gasteiger partial charge on any atom is -0.486 e. The Kier molecular flexibility index (Phi) is 3.71. The van der Waals surface area contributed by atoms with Crippen molar-refractivity contribution in [3.63, 3.8) is 0 Å². The highest BCUT2D eigenvalue weighted by Crippen LogP contribution is 2.29. The lowest BCUT2D eigenvalue weighted by atomic mass is 10.2. The maximum atomic E-state index is 9.33. The van der Waals surface area contributed by atoms with Crippen LogP contribution in [-0.4, -0.2) is 14.5 Å². The summed E-state index contributed by atoms with van der Waals surface area (Å²) in [6.45, 7) is 0.303. The van der Waals surface area contributed by atoms with Crippen molar-refractivity contribution in [2.75, 3.05) is 0 Å². The highest BCUT2D eigenvalue weighted by molar-refractivity contribution is 9.10. The van der Waals surface area contributed by atoms with E-state index in [1.165, 1.54) is 0 Å². The first-order valence-corrected chi connectivity index (χ1v) is 7.01. The van der Waals surface area contributed by atoms with E-state index in [-0.39, 0.29) is 6.61 Å². The van der Waals surface area contributed by atoms with Gasteiger partial charge in [0.05, 0.1) is 16.8 Å². The molecule has 20 heavy (non-hydrogen) atoms. The lowest BCUT2D eigenvalue weighted by Gasteiger charge is -2.10. The van der Waals surface area contributed by atoms with E-state index in [0.717, 1.165) is 21.4 Å². The molecule has 1 aromatic carbocycles. The van der Waals surface area contributed by atoms with E-state index in [9.17, 15) is 5.11 Å². The van der Waals surface area contributed by atoms with Crippen LogP contribution in [0.1, 0.15) is 11.3 Å². The van der Waals surface area contributed by atoms with Crippen LogP contribution < -0.4 is 4.74 Å². The van der Waals surface area contributed by atoms with Crippen LogP contribution in [0.15, 0.2) is 53.3 Å². The molecule has 2 heterocycles. The van der Waals surface area contributed by atoms with Gasteiger partial charge in [0.15, 0.2) is 0 Å². The number of ether oxygens (including phenoxy) is 1. The SMILES string of the molecule is OCc1cccc(Br)c1OCc1cn2ccccc2n1. The second kappa shape index (κ2) is 5.64. The summed E-state index contributed by atoms with van der Waals surface area (Å²) in [6, 6.07) is 11.4. The van der Waals surface area contributed by atoms with Crippen molar-refractivity contribution >= 4 is 21.6 Å². The van der Waals surface area contributed by atoms with E-state index < -0.39 is 0 Å². The Morgan fingerprint density at radius 1 is 1.20 bits per heavy atom. The molecule has 0 spiro atoms. The van der Waals surface area contributed by atoms with Crippen molar-refractivity contribution < 1.29 is 9.84 Å². The number of imidazole rings is 1. The fourth-order valence-corrected chi connectivity index (χ4v) is 2.56. The summed E-state index contributed by atoms with van der Waals surface area (Å²) in [5.74, 6) is 0.659. The topological polar surface area (TPSA) is 46.8 Å². The molecule has 0 unspecified atom stereocenters. The fourth-order valence-electron chi connectivity index (χ4n) is 2.04. The average Bonchev–Trinajstić information content (AvgIpc) is 2.88. The fraction of sp³-hybridized carbons (Fsp3) is 0.133. The van der Waals surface area contributed by atoms with E-state index in [2.05, 4.69) is 20.9 Å². The molecule has 0 aliphatic rings. The van der Waals surface area contributed by atoms with Gasteiger partial charge in [0, 0.05) is 18.0 Å². The van der Waals surface area contributed by atoms with E-state index in [1.807, 2.05) is 53.2 Å². The Bertz CT molecular complexity index is 707. The van der Waals surface area contributed by atoms with Crippen molar-refractivity contribution in [2.45, 2.75) is 13.2 Å². The van der Waals surface area contributed by atoms with Crippen LogP contribution in [0, 0.1) is 0 Å². The molecule has 1 N–H and O–H groups in total. The molecule has 3 rings (SSSR count). The van der Waals surface area contributed by atoms with Crippen LogP contribution in [-0.2, 0) is 13.2 Å². The summed E-state index contributed by atoms with van der Waals surface area (Å²) in [5.41, 5.74) is 2.49. The van der Waals surface area contributed by atoms with Crippen molar-refractivity contribution in [3.8, 4) is 5.75 Å². The van der Waals surface area contributed by atoms with Crippen molar-refractivity contribution in [1.82, 2.24) is 9.38 Å². The summed E-state index contributed by atoms with van der Waals surface area (Å²) in [7, 11) is 0. The van der Waals surface area contributed by atoms with Crippen LogP contribution in [0.25, 0.3) is 5.65 Å². The van der Waals surface area contributed by atoms with Gasteiger partial charge in [-0.1, -0.05) is 18.2 Å². The van der Waals surface area contributed by atoms with Gasteiger partial charge in [-0.15, -0.1) is 0 Å². The Hall–Kier alpha value is -1.85. The predicted octanol–water partition coefficient (Wildman–Crippen LogP) is 3.17. The first-order valence-electron chi connectivity index (χ1n) is 6.21. The Morgan fingerprint density at radius 2 is 2.10 bits per heavy atom. The minimum atomic E-state index is -0.0556. The quantitative estimate of drug-likeness (QED) is 0.798. The molecule has 102 valence electrons. The number of pyridine rings is 1. The summed E-state index contributed by atoms with van der Waals surface area (Å²) in [6.07, 6.45) is 3.88. The number of nitrogens with zero attached hydrogens (tertiary/aromatic N) is 2. The number of fused-ring (bicyclic) bond motifs is 1. The summed E-state index contributed by atoms with van der Waals surface area (Å²) >= 11 is 3.43. The standard InChI is InChI=1S/C15H13BrN2O2/c16-13-5-3-4-11(9-19)15(13)20-10-12-8-18-7-2-1-6-14(18)17-12/h1-8,19H,9-10H2. The lowest BCUT2D eigenvalue weighted by Crippen LogP contribution is -1.99. The minimum absolute atomic E-state index is 0.0556. The molecule has 2 aromatic heterocycles. The molecule has 5 heteroatoms. The Morgan fingerprint density at radius 3 is 2.90 bits per heavy atom. The zero-order chi connectivity index (χ0) is 13.9. The smallest absolute Gasteiger partial charge is 0.139 e. The van der Waals surface area contributed by atoms with Crippen molar-refractivity contribution in [2.24, 2.45) is 0 Å². The van der Waals surface area contributed by atoms with Crippen LogP contribution >= 0.6 is 15.9 Å². The third-order valence-corrected chi connectivity index (χ3v) is 3.62. The molecule has 0 atom stereocenters. The highest BCUT2D eigenvalue weighted by Gasteiger charge is 2.09. The molecule has 0 saturated heterocycles. The monoisotopic (exact) mass is 332 g/mol. The number of benzene rings is 1. The van der Waals surface area contributed by atoms with Gasteiger partial charge in [0.2, 0.25) is 0 Å². The molecule has 0 radical (unpaired) electrons. The van der Waals surface area contributed by atoms with Crippen LogP contribution in [0.2, 0.25) is 0 Å². The van der Waals surface area contributed by atoms with Gasteiger partial charge in [-0.05, 0) is 34.1 Å². The maximum Gasteiger partial charge on any atom is 0.139 e. The van der Waals surface area contributed by atoms with E-state index in [0.29, 0.717) is 12.4 Å². The maximum absolute atomic E-state index is 9.33. The third-order valence-electron chi connectivity index (χ3n) is 3.00. The van der Waals surface area contributed by atoms with Crippen LogP contribution in [0.5, 0.6) is 5.75 Å². The zero-order valence-electron chi connectivity index (χ0n) is 10.7. The number of para-hydroxylation sites is 1. The number of hydrogen-bond acceptors (Lipinski definition) is 3. The number of halogens is 1. The summed E-state index contributed by atoms with van der Waals surface area (Å²) in [5, 5.41) is 9.33. The Labute approximate surface area is 124 Å². The number of hydrogen-bond donors (Lipinski definition) is 1. The first-order chi connectivity index (χ1) is 9.78. The molecule has 0 aliphatic heterocycles. The van der Waals surface area contributed by atoms with E-state index in [4.69, 9.17) is 4.74 Å².